The molecule has 1 aromatic rings. The van der Waals surface area contributed by atoms with E-state index in [0.29, 0.717) is 17.9 Å². The van der Waals surface area contributed by atoms with Crippen molar-refractivity contribution in [3.05, 3.63) is 24.0 Å². The zero-order valence-corrected chi connectivity index (χ0v) is 11.7. The molecule has 5 heteroatoms. The number of hydrogen-bond donors (Lipinski definition) is 2. The highest BCUT2D eigenvalue weighted by molar-refractivity contribution is 5.92. The van der Waals surface area contributed by atoms with Crippen LogP contribution in [0.5, 0.6) is 5.75 Å². The van der Waals surface area contributed by atoms with E-state index in [1.165, 1.54) is 25.3 Å². The molecular formula is C15H21FN2O2. The van der Waals surface area contributed by atoms with Gasteiger partial charge in [-0.3, -0.25) is 4.79 Å². The van der Waals surface area contributed by atoms with Crippen LogP contribution in [0.15, 0.2) is 18.2 Å². The summed E-state index contributed by atoms with van der Waals surface area (Å²) in [5, 5.41) is 2.77. The summed E-state index contributed by atoms with van der Waals surface area (Å²) in [6.07, 6.45) is 4.66. The van der Waals surface area contributed by atoms with E-state index < -0.39 is 5.82 Å². The van der Waals surface area contributed by atoms with Crippen molar-refractivity contribution in [2.75, 3.05) is 12.4 Å². The van der Waals surface area contributed by atoms with Gasteiger partial charge in [0.1, 0.15) is 11.6 Å². The topological polar surface area (TPSA) is 64.3 Å². The van der Waals surface area contributed by atoms with Crippen LogP contribution in [0.3, 0.4) is 0 Å². The summed E-state index contributed by atoms with van der Waals surface area (Å²) in [7, 11) is 1.45. The van der Waals surface area contributed by atoms with Crippen molar-refractivity contribution < 1.29 is 13.9 Å². The maximum absolute atomic E-state index is 13.1. The number of nitrogens with two attached hydrogens (primary N) is 1. The Labute approximate surface area is 118 Å². The Morgan fingerprint density at radius 2 is 2.20 bits per heavy atom. The first-order valence-electron chi connectivity index (χ1n) is 6.99. The average molecular weight is 280 g/mol. The van der Waals surface area contributed by atoms with Gasteiger partial charge in [0.25, 0.3) is 0 Å². The Balaban J connectivity index is 1.97. The molecule has 0 saturated heterocycles. The van der Waals surface area contributed by atoms with Gasteiger partial charge in [0.05, 0.1) is 12.8 Å². The summed E-state index contributed by atoms with van der Waals surface area (Å²) in [4.78, 5) is 12.1. The zero-order valence-electron chi connectivity index (χ0n) is 11.7. The predicted octanol–water partition coefficient (Wildman–Crippen LogP) is 2.68. The van der Waals surface area contributed by atoms with E-state index in [4.69, 9.17) is 10.5 Å². The molecule has 2 atom stereocenters. The first-order valence-corrected chi connectivity index (χ1v) is 6.99. The number of carbonyl (C=O) groups is 1. The standard InChI is InChI=1S/C15H21FN2O2/c1-20-14-9-11(16)6-7-13(14)18-15(19)8-10-4-2-3-5-12(10)17/h6-7,9-10,12H,2-5,8,17H2,1H3,(H,18,19). The SMILES string of the molecule is COc1cc(F)ccc1NC(=O)CC1CCCCC1N. The number of benzene rings is 1. The molecule has 0 aliphatic heterocycles. The van der Waals surface area contributed by atoms with Crippen LogP contribution in [-0.2, 0) is 4.79 Å². The van der Waals surface area contributed by atoms with Crippen LogP contribution in [0.1, 0.15) is 32.1 Å². The lowest BCUT2D eigenvalue weighted by molar-refractivity contribution is -0.117. The minimum absolute atomic E-state index is 0.0998. The Morgan fingerprint density at radius 3 is 2.90 bits per heavy atom. The summed E-state index contributed by atoms with van der Waals surface area (Å²) < 4.78 is 18.1. The molecule has 1 amide bonds. The Morgan fingerprint density at radius 1 is 1.45 bits per heavy atom. The molecule has 1 aromatic carbocycles. The zero-order chi connectivity index (χ0) is 14.5. The number of rotatable bonds is 4. The minimum Gasteiger partial charge on any atom is -0.494 e. The molecule has 0 radical (unpaired) electrons. The first kappa shape index (κ1) is 14.8. The van der Waals surface area contributed by atoms with Crippen molar-refractivity contribution in [2.45, 2.75) is 38.1 Å². The lowest BCUT2D eigenvalue weighted by Crippen LogP contribution is -2.35. The molecule has 20 heavy (non-hydrogen) atoms. The lowest BCUT2D eigenvalue weighted by Gasteiger charge is -2.28. The molecule has 4 nitrogen and oxygen atoms in total. The van der Waals surface area contributed by atoms with E-state index in [2.05, 4.69) is 5.32 Å². The molecule has 0 heterocycles. The van der Waals surface area contributed by atoms with Gasteiger partial charge >= 0.3 is 0 Å². The number of amides is 1. The highest BCUT2D eigenvalue weighted by Gasteiger charge is 2.24. The van der Waals surface area contributed by atoms with Crippen LogP contribution in [0.25, 0.3) is 0 Å². The van der Waals surface area contributed by atoms with Crippen LogP contribution in [0, 0.1) is 11.7 Å². The molecule has 0 spiro atoms. The maximum atomic E-state index is 13.1. The second kappa shape index (κ2) is 6.70. The normalized spacial score (nSPS) is 22.4. The Kier molecular flexibility index (Phi) is 4.95. The third-order valence-corrected chi connectivity index (χ3v) is 3.85. The van der Waals surface area contributed by atoms with Crippen molar-refractivity contribution in [3.63, 3.8) is 0 Å². The van der Waals surface area contributed by atoms with E-state index in [9.17, 15) is 9.18 Å². The second-order valence-electron chi connectivity index (χ2n) is 5.31. The molecule has 2 rings (SSSR count). The van der Waals surface area contributed by atoms with E-state index in [1.54, 1.807) is 0 Å². The largest absolute Gasteiger partial charge is 0.494 e. The number of nitrogens with one attached hydrogen (secondary N) is 1. The molecule has 0 aromatic heterocycles. The fourth-order valence-electron chi connectivity index (χ4n) is 2.70. The van der Waals surface area contributed by atoms with Crippen LogP contribution in [0.4, 0.5) is 10.1 Å². The van der Waals surface area contributed by atoms with Gasteiger partial charge < -0.3 is 15.8 Å². The molecule has 3 N–H and O–H groups in total. The third-order valence-electron chi connectivity index (χ3n) is 3.85. The quantitative estimate of drug-likeness (QED) is 0.891. The number of hydrogen-bond acceptors (Lipinski definition) is 3. The lowest BCUT2D eigenvalue weighted by atomic mass is 9.83. The maximum Gasteiger partial charge on any atom is 0.224 e. The van der Waals surface area contributed by atoms with E-state index >= 15 is 0 Å². The van der Waals surface area contributed by atoms with Crippen molar-refractivity contribution >= 4 is 11.6 Å². The molecule has 2 unspecified atom stereocenters. The fraction of sp³-hybridized carbons (Fsp3) is 0.533. The van der Waals surface area contributed by atoms with Gasteiger partial charge in [-0.15, -0.1) is 0 Å². The fourth-order valence-corrected chi connectivity index (χ4v) is 2.70. The summed E-state index contributed by atoms with van der Waals surface area (Å²) in [6.45, 7) is 0. The van der Waals surface area contributed by atoms with Crippen molar-refractivity contribution in [2.24, 2.45) is 11.7 Å². The smallest absolute Gasteiger partial charge is 0.224 e. The third kappa shape index (κ3) is 3.70. The van der Waals surface area contributed by atoms with Gasteiger partial charge in [0.15, 0.2) is 0 Å². The molecule has 1 aliphatic carbocycles. The summed E-state index contributed by atoms with van der Waals surface area (Å²) >= 11 is 0. The minimum atomic E-state index is -0.394. The number of ether oxygens (including phenoxy) is 1. The van der Waals surface area contributed by atoms with E-state index in [-0.39, 0.29) is 17.9 Å². The molecule has 0 bridgehead atoms. The highest BCUT2D eigenvalue weighted by Crippen LogP contribution is 2.28. The van der Waals surface area contributed by atoms with Crippen LogP contribution < -0.4 is 15.8 Å². The highest BCUT2D eigenvalue weighted by atomic mass is 19.1. The van der Waals surface area contributed by atoms with Gasteiger partial charge in [-0.1, -0.05) is 12.8 Å². The molecule has 1 aliphatic rings. The van der Waals surface area contributed by atoms with Crippen molar-refractivity contribution in [1.29, 1.82) is 0 Å². The number of carbonyl (C=O) groups excluding carboxylic acids is 1. The van der Waals surface area contributed by atoms with Crippen LogP contribution in [-0.4, -0.2) is 19.1 Å². The Bertz CT molecular complexity index is 479. The average Bonchev–Trinajstić information content (AvgIpc) is 2.43. The van der Waals surface area contributed by atoms with Crippen molar-refractivity contribution in [1.82, 2.24) is 0 Å². The monoisotopic (exact) mass is 280 g/mol. The summed E-state index contributed by atoms with van der Waals surface area (Å²) in [6, 6.07) is 4.16. The van der Waals surface area contributed by atoms with E-state index in [0.717, 1.165) is 25.7 Å². The number of anilines is 1. The van der Waals surface area contributed by atoms with Gasteiger partial charge in [-0.05, 0) is 30.9 Å². The molecule has 1 saturated carbocycles. The molecule has 1 fully saturated rings. The predicted molar refractivity (Wildman–Crippen MR) is 76.1 cm³/mol. The van der Waals surface area contributed by atoms with Crippen LogP contribution in [0.2, 0.25) is 0 Å². The van der Waals surface area contributed by atoms with Crippen LogP contribution >= 0.6 is 0 Å². The van der Waals surface area contributed by atoms with Gasteiger partial charge in [0.2, 0.25) is 5.91 Å². The van der Waals surface area contributed by atoms with Gasteiger partial charge in [-0.2, -0.15) is 0 Å². The summed E-state index contributed by atoms with van der Waals surface area (Å²) in [5.41, 5.74) is 6.53. The van der Waals surface area contributed by atoms with Gasteiger partial charge in [-0.25, -0.2) is 4.39 Å². The number of methoxy groups -OCH3 is 1. The molecular weight excluding hydrogens is 259 g/mol. The van der Waals surface area contributed by atoms with Gasteiger partial charge in [0, 0.05) is 18.5 Å². The van der Waals surface area contributed by atoms with E-state index in [1.807, 2.05) is 0 Å². The Hall–Kier alpha value is -1.62. The number of halogens is 1. The molecule has 110 valence electrons. The van der Waals surface area contributed by atoms with Crippen molar-refractivity contribution in [3.8, 4) is 5.75 Å². The second-order valence-corrected chi connectivity index (χ2v) is 5.31. The summed E-state index contributed by atoms with van der Waals surface area (Å²) in [5.74, 6) is 0.0629. The first-order chi connectivity index (χ1) is 9.60.